The van der Waals surface area contributed by atoms with Crippen LogP contribution in [0.3, 0.4) is 0 Å². The number of aromatic nitrogens is 1. The maximum Gasteiger partial charge on any atom is 0.341 e. The lowest BCUT2D eigenvalue weighted by Gasteiger charge is -2.23. The first kappa shape index (κ1) is 20.9. The van der Waals surface area contributed by atoms with Crippen molar-refractivity contribution in [2.24, 2.45) is 0 Å². The average molecular weight is 437 g/mol. The second kappa shape index (κ2) is 8.67. The minimum atomic E-state index is -4.73. The van der Waals surface area contributed by atoms with Crippen LogP contribution in [0, 0.1) is 0 Å². The van der Waals surface area contributed by atoms with Gasteiger partial charge in [-0.25, -0.2) is 8.42 Å². The lowest BCUT2D eigenvalue weighted by Crippen LogP contribution is -2.30. The highest BCUT2D eigenvalue weighted by atomic mass is 35.5. The molecule has 1 amide bonds. The van der Waals surface area contributed by atoms with Crippen LogP contribution < -0.4 is 4.90 Å². The van der Waals surface area contributed by atoms with Crippen molar-refractivity contribution in [2.45, 2.75) is 17.2 Å². The summed E-state index contributed by atoms with van der Waals surface area (Å²) in [5.74, 6) is -3.97. The van der Waals surface area contributed by atoms with Crippen LogP contribution in [0.5, 0.6) is 0 Å². The molecule has 0 atom stereocenters. The standard InChI is InChI=1S/C20H15ClF2N2O3S/c21-15-6-8-17(9-7-15)25(13-16-3-1-2-12-24-16)19(26)14-4-10-18(11-5-14)29(27,28)20(22)23/h1-12,20H,13H2. The zero-order chi connectivity index (χ0) is 21.0. The van der Waals surface area contributed by atoms with Crippen LogP contribution in [0.15, 0.2) is 77.8 Å². The molecule has 0 spiro atoms. The second-order valence-electron chi connectivity index (χ2n) is 6.02. The number of rotatable bonds is 6. The molecule has 5 nitrogen and oxygen atoms in total. The highest BCUT2D eigenvalue weighted by Gasteiger charge is 2.27. The van der Waals surface area contributed by atoms with E-state index in [1.165, 1.54) is 17.0 Å². The van der Waals surface area contributed by atoms with E-state index in [2.05, 4.69) is 4.98 Å². The van der Waals surface area contributed by atoms with Crippen LogP contribution >= 0.6 is 11.6 Å². The zero-order valence-corrected chi connectivity index (χ0v) is 16.4. The molecule has 0 saturated carbocycles. The number of amides is 1. The van der Waals surface area contributed by atoms with Crippen LogP contribution in [0.2, 0.25) is 5.02 Å². The number of anilines is 1. The molecule has 0 aliphatic carbocycles. The third kappa shape index (κ3) is 4.78. The van der Waals surface area contributed by atoms with E-state index in [9.17, 15) is 22.0 Å². The molecule has 0 saturated heterocycles. The van der Waals surface area contributed by atoms with Gasteiger partial charge in [-0.05, 0) is 60.7 Å². The topological polar surface area (TPSA) is 67.3 Å². The van der Waals surface area contributed by atoms with E-state index >= 15 is 0 Å². The van der Waals surface area contributed by atoms with Gasteiger partial charge in [0.2, 0.25) is 9.84 Å². The van der Waals surface area contributed by atoms with Crippen molar-refractivity contribution < 1.29 is 22.0 Å². The molecule has 29 heavy (non-hydrogen) atoms. The molecule has 0 bridgehead atoms. The van der Waals surface area contributed by atoms with Gasteiger partial charge < -0.3 is 4.90 Å². The van der Waals surface area contributed by atoms with Gasteiger partial charge in [-0.2, -0.15) is 8.78 Å². The third-order valence-corrected chi connectivity index (χ3v) is 5.74. The van der Waals surface area contributed by atoms with Gasteiger partial charge in [0.05, 0.1) is 17.1 Å². The lowest BCUT2D eigenvalue weighted by atomic mass is 10.1. The van der Waals surface area contributed by atoms with Crippen molar-refractivity contribution >= 4 is 33.0 Å². The quantitative estimate of drug-likeness (QED) is 0.567. The first-order valence-corrected chi connectivity index (χ1v) is 10.3. The van der Waals surface area contributed by atoms with Crippen LogP contribution in [0.4, 0.5) is 14.5 Å². The van der Waals surface area contributed by atoms with E-state index in [0.717, 1.165) is 12.1 Å². The molecule has 9 heteroatoms. The Bertz CT molecular complexity index is 1090. The number of benzene rings is 2. The Morgan fingerprint density at radius 2 is 1.66 bits per heavy atom. The molecule has 0 aliphatic heterocycles. The summed E-state index contributed by atoms with van der Waals surface area (Å²) < 4.78 is 48.6. The molecule has 0 aliphatic rings. The van der Waals surface area contributed by atoms with Crippen molar-refractivity contribution in [3.05, 3.63) is 89.2 Å². The van der Waals surface area contributed by atoms with Crippen molar-refractivity contribution in [3.63, 3.8) is 0 Å². The molecule has 0 unspecified atom stereocenters. The largest absolute Gasteiger partial charge is 0.341 e. The summed E-state index contributed by atoms with van der Waals surface area (Å²) in [7, 11) is -4.73. The first-order valence-electron chi connectivity index (χ1n) is 8.38. The Hall–Kier alpha value is -2.84. The molecule has 150 valence electrons. The number of alkyl halides is 2. The summed E-state index contributed by atoms with van der Waals surface area (Å²) in [5, 5.41) is 0.501. The van der Waals surface area contributed by atoms with Crippen LogP contribution in [0.1, 0.15) is 16.1 Å². The van der Waals surface area contributed by atoms with Crippen LogP contribution in [0.25, 0.3) is 0 Å². The Balaban J connectivity index is 1.95. The number of nitrogens with zero attached hydrogens (tertiary/aromatic N) is 2. The normalized spacial score (nSPS) is 11.4. The molecular weight excluding hydrogens is 422 g/mol. The van der Waals surface area contributed by atoms with E-state index in [0.29, 0.717) is 16.4 Å². The minimum Gasteiger partial charge on any atom is -0.302 e. The number of carbonyl (C=O) groups is 1. The molecule has 0 radical (unpaired) electrons. The Morgan fingerprint density at radius 3 is 2.21 bits per heavy atom. The van der Waals surface area contributed by atoms with Crippen LogP contribution in [-0.4, -0.2) is 25.1 Å². The summed E-state index contributed by atoms with van der Waals surface area (Å²) in [6.45, 7) is 0.151. The van der Waals surface area contributed by atoms with E-state index in [4.69, 9.17) is 11.6 Å². The Labute approximate surface area is 171 Å². The number of pyridine rings is 1. The first-order chi connectivity index (χ1) is 13.8. The van der Waals surface area contributed by atoms with E-state index < -0.39 is 26.4 Å². The fourth-order valence-electron chi connectivity index (χ4n) is 2.60. The maximum atomic E-state index is 13.1. The summed E-state index contributed by atoms with van der Waals surface area (Å²) in [5.41, 5.74) is 1.33. The smallest absolute Gasteiger partial charge is 0.302 e. The SMILES string of the molecule is O=C(c1ccc(S(=O)(=O)C(F)F)cc1)N(Cc1ccccn1)c1ccc(Cl)cc1. The monoisotopic (exact) mass is 436 g/mol. The zero-order valence-electron chi connectivity index (χ0n) is 14.9. The Kier molecular flexibility index (Phi) is 6.24. The van der Waals surface area contributed by atoms with Gasteiger partial charge in [0, 0.05) is 22.5 Å². The van der Waals surface area contributed by atoms with Gasteiger partial charge in [0.15, 0.2) is 0 Å². The van der Waals surface area contributed by atoms with E-state index in [-0.39, 0.29) is 12.1 Å². The summed E-state index contributed by atoms with van der Waals surface area (Å²) in [6.07, 6.45) is 1.60. The second-order valence-corrected chi connectivity index (χ2v) is 8.37. The molecule has 0 N–H and O–H groups in total. The fourth-order valence-corrected chi connectivity index (χ4v) is 3.45. The van der Waals surface area contributed by atoms with Gasteiger partial charge in [0.25, 0.3) is 5.91 Å². The van der Waals surface area contributed by atoms with E-state index in [1.807, 2.05) is 0 Å². The number of sulfone groups is 1. The average Bonchev–Trinajstić information content (AvgIpc) is 2.73. The minimum absolute atomic E-state index is 0.143. The summed E-state index contributed by atoms with van der Waals surface area (Å²) in [4.78, 5) is 18.2. The number of halogens is 3. The summed E-state index contributed by atoms with van der Waals surface area (Å²) >= 11 is 5.92. The van der Waals surface area contributed by atoms with Crippen molar-refractivity contribution in [2.75, 3.05) is 4.90 Å². The molecule has 1 heterocycles. The molecule has 0 fully saturated rings. The predicted molar refractivity (Wildman–Crippen MR) is 106 cm³/mol. The third-order valence-electron chi connectivity index (χ3n) is 4.09. The predicted octanol–water partition coefficient (Wildman–Crippen LogP) is 4.58. The van der Waals surface area contributed by atoms with Crippen LogP contribution in [-0.2, 0) is 16.4 Å². The van der Waals surface area contributed by atoms with Gasteiger partial charge in [-0.3, -0.25) is 9.78 Å². The Morgan fingerprint density at radius 1 is 1.00 bits per heavy atom. The van der Waals surface area contributed by atoms with Crippen molar-refractivity contribution in [1.82, 2.24) is 4.98 Å². The van der Waals surface area contributed by atoms with Crippen molar-refractivity contribution in [1.29, 1.82) is 0 Å². The maximum absolute atomic E-state index is 13.1. The number of hydrogen-bond acceptors (Lipinski definition) is 4. The van der Waals surface area contributed by atoms with Gasteiger partial charge in [-0.1, -0.05) is 17.7 Å². The molecular formula is C20H15ClF2N2O3S. The molecule has 1 aromatic heterocycles. The number of hydrogen-bond donors (Lipinski definition) is 0. The number of carbonyl (C=O) groups excluding carboxylic acids is 1. The summed E-state index contributed by atoms with van der Waals surface area (Å²) in [6, 6.07) is 16.3. The van der Waals surface area contributed by atoms with Gasteiger partial charge in [0.1, 0.15) is 0 Å². The molecule has 3 aromatic rings. The molecule has 3 rings (SSSR count). The van der Waals surface area contributed by atoms with Gasteiger partial charge >= 0.3 is 5.76 Å². The highest BCUT2D eigenvalue weighted by molar-refractivity contribution is 7.91. The lowest BCUT2D eigenvalue weighted by molar-refractivity contribution is 0.0984. The van der Waals surface area contributed by atoms with E-state index in [1.54, 1.807) is 48.7 Å². The highest BCUT2D eigenvalue weighted by Crippen LogP contribution is 2.24. The van der Waals surface area contributed by atoms with Crippen molar-refractivity contribution in [3.8, 4) is 0 Å². The molecule has 2 aromatic carbocycles. The van der Waals surface area contributed by atoms with Gasteiger partial charge in [-0.15, -0.1) is 0 Å². The fraction of sp³-hybridized carbons (Fsp3) is 0.100.